The molecule has 0 radical (unpaired) electrons. The van der Waals surface area contributed by atoms with Crippen LogP contribution in [0.25, 0.3) is 0 Å². The van der Waals surface area contributed by atoms with Gasteiger partial charge in [-0.05, 0) is 31.7 Å². The number of carbonyl (C=O) groups excluding carboxylic acids is 1. The number of nitrogens with two attached hydrogens (primary N) is 1. The van der Waals surface area contributed by atoms with E-state index in [0.717, 1.165) is 19.3 Å². The highest BCUT2D eigenvalue weighted by Gasteiger charge is 2.35. The van der Waals surface area contributed by atoms with Crippen molar-refractivity contribution in [2.45, 2.75) is 37.9 Å². The van der Waals surface area contributed by atoms with E-state index in [2.05, 4.69) is 5.32 Å². The van der Waals surface area contributed by atoms with Crippen LogP contribution >= 0.6 is 0 Å². The molecule has 1 amide bonds. The Morgan fingerprint density at radius 1 is 1.30 bits per heavy atom. The predicted octanol–water partition coefficient (Wildman–Crippen LogP) is 1.11. The Balaban J connectivity index is 1.69. The number of carbonyl (C=O) groups is 1. The average molecular weight is 293 g/mol. The topological polar surface area (TPSA) is 58.4 Å². The van der Waals surface area contributed by atoms with E-state index in [1.807, 2.05) is 0 Å². The number of hydrogen-bond donors (Lipinski definition) is 2. The lowest BCUT2D eigenvalue weighted by molar-refractivity contribution is -0.143. The van der Waals surface area contributed by atoms with Crippen molar-refractivity contribution >= 4 is 5.91 Å². The van der Waals surface area contributed by atoms with E-state index in [-0.39, 0.29) is 23.8 Å². The van der Waals surface area contributed by atoms with E-state index in [0.29, 0.717) is 26.1 Å². The standard InChI is InChI=1S/C13H22F3N3O/c14-13(15,16)8-19-5-4-9(7-19)6-18-12(20)10-2-1-3-11(10)17/h9-11H,1-8,17H2,(H,18,20). The molecule has 0 aromatic rings. The highest BCUT2D eigenvalue weighted by Crippen LogP contribution is 2.25. The summed E-state index contributed by atoms with van der Waals surface area (Å²) in [4.78, 5) is 13.3. The normalized spacial score (nSPS) is 31.7. The summed E-state index contributed by atoms with van der Waals surface area (Å²) in [5.41, 5.74) is 5.86. The quantitative estimate of drug-likeness (QED) is 0.816. The van der Waals surface area contributed by atoms with Gasteiger partial charge in [0, 0.05) is 19.1 Å². The number of amides is 1. The number of likely N-dealkylation sites (tertiary alicyclic amines) is 1. The number of nitrogens with one attached hydrogen (secondary N) is 1. The first-order valence-corrected chi connectivity index (χ1v) is 7.17. The van der Waals surface area contributed by atoms with Gasteiger partial charge in [0.15, 0.2) is 0 Å². The molecule has 1 heterocycles. The number of rotatable bonds is 4. The van der Waals surface area contributed by atoms with Crippen LogP contribution in [0, 0.1) is 11.8 Å². The van der Waals surface area contributed by atoms with Crippen molar-refractivity contribution in [1.82, 2.24) is 10.2 Å². The summed E-state index contributed by atoms with van der Waals surface area (Å²) in [5.74, 6) is -0.0501. The largest absolute Gasteiger partial charge is 0.401 e. The Morgan fingerprint density at radius 2 is 2.05 bits per heavy atom. The minimum absolute atomic E-state index is 0.0377. The van der Waals surface area contributed by atoms with Crippen LogP contribution in [0.4, 0.5) is 13.2 Å². The molecule has 116 valence electrons. The van der Waals surface area contributed by atoms with Gasteiger partial charge < -0.3 is 11.1 Å². The lowest BCUT2D eigenvalue weighted by atomic mass is 10.0. The lowest BCUT2D eigenvalue weighted by Gasteiger charge is -2.19. The molecule has 2 fully saturated rings. The Bertz CT molecular complexity index is 348. The van der Waals surface area contributed by atoms with Crippen molar-refractivity contribution < 1.29 is 18.0 Å². The molecule has 1 saturated heterocycles. The molecule has 7 heteroatoms. The van der Waals surface area contributed by atoms with Crippen LogP contribution in [0.1, 0.15) is 25.7 Å². The first-order valence-electron chi connectivity index (χ1n) is 7.17. The fourth-order valence-corrected chi connectivity index (χ4v) is 3.17. The molecule has 3 unspecified atom stereocenters. The third-order valence-corrected chi connectivity index (χ3v) is 4.24. The van der Waals surface area contributed by atoms with E-state index in [1.165, 1.54) is 4.90 Å². The minimum atomic E-state index is -4.14. The van der Waals surface area contributed by atoms with Crippen LogP contribution in [0.15, 0.2) is 0 Å². The third-order valence-electron chi connectivity index (χ3n) is 4.24. The number of halogens is 3. The Kier molecular flexibility index (Phi) is 4.90. The maximum absolute atomic E-state index is 12.3. The summed E-state index contributed by atoms with van der Waals surface area (Å²) in [5, 5.41) is 2.85. The molecule has 0 spiro atoms. The van der Waals surface area contributed by atoms with Crippen LogP contribution in [0.3, 0.4) is 0 Å². The Hall–Kier alpha value is -0.820. The SMILES string of the molecule is NC1CCCC1C(=O)NCC1CCN(CC(F)(F)F)C1. The van der Waals surface area contributed by atoms with E-state index < -0.39 is 12.7 Å². The summed E-state index contributed by atoms with van der Waals surface area (Å²) >= 11 is 0. The first-order chi connectivity index (χ1) is 9.35. The Morgan fingerprint density at radius 3 is 2.65 bits per heavy atom. The van der Waals surface area contributed by atoms with Crippen molar-refractivity contribution in [2.75, 3.05) is 26.2 Å². The summed E-state index contributed by atoms with van der Waals surface area (Å²) < 4.78 is 36.8. The molecule has 3 atom stereocenters. The molecule has 1 saturated carbocycles. The summed E-state index contributed by atoms with van der Waals surface area (Å²) in [6.07, 6.45) is -0.775. The van der Waals surface area contributed by atoms with E-state index in [1.54, 1.807) is 0 Å². The zero-order valence-corrected chi connectivity index (χ0v) is 11.5. The summed E-state index contributed by atoms with van der Waals surface area (Å²) in [7, 11) is 0. The van der Waals surface area contributed by atoms with Gasteiger partial charge in [-0.3, -0.25) is 9.69 Å². The van der Waals surface area contributed by atoms with Crippen molar-refractivity contribution in [1.29, 1.82) is 0 Å². The highest BCUT2D eigenvalue weighted by atomic mass is 19.4. The number of nitrogens with zero attached hydrogens (tertiary/aromatic N) is 1. The highest BCUT2D eigenvalue weighted by molar-refractivity contribution is 5.79. The van der Waals surface area contributed by atoms with Crippen molar-refractivity contribution in [3.63, 3.8) is 0 Å². The van der Waals surface area contributed by atoms with Crippen LogP contribution < -0.4 is 11.1 Å². The van der Waals surface area contributed by atoms with Gasteiger partial charge in [-0.15, -0.1) is 0 Å². The second kappa shape index (κ2) is 6.30. The smallest absolute Gasteiger partial charge is 0.355 e. The van der Waals surface area contributed by atoms with Crippen molar-refractivity contribution in [3.8, 4) is 0 Å². The number of alkyl halides is 3. The average Bonchev–Trinajstić information content (AvgIpc) is 2.93. The minimum Gasteiger partial charge on any atom is -0.355 e. The fraction of sp³-hybridized carbons (Fsp3) is 0.923. The van der Waals surface area contributed by atoms with E-state index >= 15 is 0 Å². The van der Waals surface area contributed by atoms with Crippen molar-refractivity contribution in [2.24, 2.45) is 17.6 Å². The summed E-state index contributed by atoms with van der Waals surface area (Å²) in [6, 6.07) is -0.0692. The van der Waals surface area contributed by atoms with Crippen LogP contribution in [0.5, 0.6) is 0 Å². The monoisotopic (exact) mass is 293 g/mol. The molecule has 3 N–H and O–H groups in total. The van der Waals surface area contributed by atoms with Crippen LogP contribution in [0.2, 0.25) is 0 Å². The maximum atomic E-state index is 12.3. The molecule has 1 aliphatic carbocycles. The molecule has 0 aromatic heterocycles. The maximum Gasteiger partial charge on any atom is 0.401 e. The van der Waals surface area contributed by atoms with Gasteiger partial charge in [0.2, 0.25) is 5.91 Å². The summed E-state index contributed by atoms with van der Waals surface area (Å²) in [6.45, 7) is 0.445. The molecule has 20 heavy (non-hydrogen) atoms. The second-order valence-electron chi connectivity index (χ2n) is 5.95. The molecule has 2 aliphatic rings. The predicted molar refractivity (Wildman–Crippen MR) is 68.9 cm³/mol. The van der Waals surface area contributed by atoms with Crippen LogP contribution in [-0.4, -0.2) is 49.2 Å². The molecule has 0 bridgehead atoms. The molecule has 0 aromatic carbocycles. The van der Waals surface area contributed by atoms with Gasteiger partial charge in [-0.25, -0.2) is 0 Å². The third kappa shape index (κ3) is 4.34. The van der Waals surface area contributed by atoms with Gasteiger partial charge in [0.25, 0.3) is 0 Å². The first kappa shape index (κ1) is 15.6. The van der Waals surface area contributed by atoms with Gasteiger partial charge >= 0.3 is 6.18 Å². The van der Waals surface area contributed by atoms with Gasteiger partial charge in [0.05, 0.1) is 12.5 Å². The van der Waals surface area contributed by atoms with Crippen LogP contribution in [-0.2, 0) is 4.79 Å². The van der Waals surface area contributed by atoms with Gasteiger partial charge in [0.1, 0.15) is 0 Å². The number of hydrogen-bond acceptors (Lipinski definition) is 3. The van der Waals surface area contributed by atoms with Crippen molar-refractivity contribution in [3.05, 3.63) is 0 Å². The molecule has 2 rings (SSSR count). The second-order valence-corrected chi connectivity index (χ2v) is 5.95. The van der Waals surface area contributed by atoms with Gasteiger partial charge in [-0.1, -0.05) is 6.42 Å². The molecule has 4 nitrogen and oxygen atoms in total. The Labute approximate surface area is 116 Å². The van der Waals surface area contributed by atoms with E-state index in [4.69, 9.17) is 5.73 Å². The zero-order chi connectivity index (χ0) is 14.8. The van der Waals surface area contributed by atoms with E-state index in [9.17, 15) is 18.0 Å². The fourth-order valence-electron chi connectivity index (χ4n) is 3.17. The molecule has 1 aliphatic heterocycles. The molecular formula is C13H22F3N3O. The lowest BCUT2D eigenvalue weighted by Crippen LogP contribution is -2.41. The molecular weight excluding hydrogens is 271 g/mol. The zero-order valence-electron chi connectivity index (χ0n) is 11.5. The van der Waals surface area contributed by atoms with Gasteiger partial charge in [-0.2, -0.15) is 13.2 Å².